The molecule has 0 amide bonds. The topological polar surface area (TPSA) is 71.4 Å². The Labute approximate surface area is 114 Å². The largest absolute Gasteiger partial charge is 0.339 e. The number of hydrogen-bond donors (Lipinski definition) is 1. The molecule has 0 radical (unpaired) electrons. The van der Waals surface area contributed by atoms with Crippen LogP contribution in [0.1, 0.15) is 31.1 Å². The molecule has 2 unspecified atom stereocenters. The van der Waals surface area contributed by atoms with Crippen molar-refractivity contribution in [1.82, 2.24) is 19.9 Å². The molecule has 0 saturated carbocycles. The molecule has 0 aliphatic carbocycles. The maximum absolute atomic E-state index is 5.61. The minimum atomic E-state index is 0.239. The van der Waals surface area contributed by atoms with E-state index in [0.717, 1.165) is 44.2 Å². The predicted molar refractivity (Wildman–Crippen MR) is 73.7 cm³/mol. The summed E-state index contributed by atoms with van der Waals surface area (Å²) in [6.45, 7) is 5.92. The zero-order chi connectivity index (χ0) is 13.8. The molecule has 0 aromatic carbocycles. The highest BCUT2D eigenvalue weighted by atomic mass is 16.5. The first kappa shape index (κ1) is 14.4. The Morgan fingerprint density at radius 1 is 1.42 bits per heavy atom. The number of piperazine rings is 1. The van der Waals surface area contributed by atoms with E-state index in [-0.39, 0.29) is 6.04 Å². The quantitative estimate of drug-likeness (QED) is 0.838. The van der Waals surface area contributed by atoms with Gasteiger partial charge in [0.15, 0.2) is 5.82 Å². The highest BCUT2D eigenvalue weighted by molar-refractivity contribution is 4.98. The summed E-state index contributed by atoms with van der Waals surface area (Å²) >= 11 is 0. The Hall–Kier alpha value is -0.980. The summed E-state index contributed by atoms with van der Waals surface area (Å²) < 4.78 is 5.35. The first-order valence-corrected chi connectivity index (χ1v) is 7.01. The van der Waals surface area contributed by atoms with Gasteiger partial charge in [0.05, 0.1) is 6.04 Å². The number of likely N-dealkylation sites (N-methyl/N-ethyl adjacent to an activating group) is 2. The number of aromatic nitrogens is 2. The van der Waals surface area contributed by atoms with Gasteiger partial charge in [0.25, 0.3) is 0 Å². The first-order chi connectivity index (χ1) is 9.10. The van der Waals surface area contributed by atoms with Crippen LogP contribution in [-0.2, 0) is 6.42 Å². The molecule has 6 heteroatoms. The van der Waals surface area contributed by atoms with Crippen LogP contribution in [0.15, 0.2) is 4.52 Å². The van der Waals surface area contributed by atoms with E-state index >= 15 is 0 Å². The van der Waals surface area contributed by atoms with Crippen LogP contribution in [0.3, 0.4) is 0 Å². The highest BCUT2D eigenvalue weighted by Gasteiger charge is 2.27. The number of hydrogen-bond acceptors (Lipinski definition) is 6. The molecule has 2 atom stereocenters. The van der Waals surface area contributed by atoms with Gasteiger partial charge in [0, 0.05) is 26.1 Å². The van der Waals surface area contributed by atoms with Crippen molar-refractivity contribution in [2.45, 2.75) is 25.8 Å². The Morgan fingerprint density at radius 3 is 2.95 bits per heavy atom. The van der Waals surface area contributed by atoms with E-state index in [1.165, 1.54) is 0 Å². The molecule has 108 valence electrons. The van der Waals surface area contributed by atoms with Crippen molar-refractivity contribution >= 4 is 0 Å². The van der Waals surface area contributed by atoms with E-state index in [0.29, 0.717) is 12.5 Å². The molecule has 1 aliphatic rings. The fraction of sp³-hybridized carbons (Fsp3) is 0.846. The van der Waals surface area contributed by atoms with E-state index in [9.17, 15) is 0 Å². The Morgan fingerprint density at radius 2 is 2.21 bits per heavy atom. The van der Waals surface area contributed by atoms with Crippen LogP contribution < -0.4 is 5.73 Å². The highest BCUT2D eigenvalue weighted by Crippen LogP contribution is 2.21. The standard InChI is InChI=1S/C13H25N5O/c1-10(8-14)4-5-12-15-13(16-19-12)11-9-17(2)6-7-18(11)3/h10-11H,4-9,14H2,1-3H3. The number of nitrogens with zero attached hydrogens (tertiary/aromatic N) is 4. The molecule has 2 rings (SSSR count). The van der Waals surface area contributed by atoms with E-state index in [2.05, 4.69) is 41.0 Å². The summed E-state index contributed by atoms with van der Waals surface area (Å²) in [5, 5.41) is 4.14. The number of aryl methyl sites for hydroxylation is 1. The SMILES string of the molecule is CC(CN)CCc1nc(C2CN(C)CCN2C)no1. The summed E-state index contributed by atoms with van der Waals surface area (Å²) in [4.78, 5) is 9.13. The molecule has 2 N–H and O–H groups in total. The smallest absolute Gasteiger partial charge is 0.226 e. The van der Waals surface area contributed by atoms with Crippen molar-refractivity contribution in [2.24, 2.45) is 11.7 Å². The molecule has 0 spiro atoms. The van der Waals surface area contributed by atoms with Gasteiger partial charge in [-0.15, -0.1) is 0 Å². The lowest BCUT2D eigenvalue weighted by Crippen LogP contribution is -2.45. The van der Waals surface area contributed by atoms with Gasteiger partial charge < -0.3 is 15.2 Å². The molecule has 1 saturated heterocycles. The minimum Gasteiger partial charge on any atom is -0.339 e. The Kier molecular flexibility index (Phi) is 4.90. The molecule has 19 heavy (non-hydrogen) atoms. The minimum absolute atomic E-state index is 0.239. The van der Waals surface area contributed by atoms with Crippen LogP contribution in [0.2, 0.25) is 0 Å². The zero-order valence-corrected chi connectivity index (χ0v) is 12.2. The zero-order valence-electron chi connectivity index (χ0n) is 12.2. The fourth-order valence-corrected chi connectivity index (χ4v) is 2.28. The Bertz CT molecular complexity index is 394. The third-order valence-electron chi connectivity index (χ3n) is 3.89. The van der Waals surface area contributed by atoms with Crippen LogP contribution in [0, 0.1) is 5.92 Å². The molecule has 2 heterocycles. The lowest BCUT2D eigenvalue weighted by atomic mass is 10.1. The number of rotatable bonds is 5. The molecular weight excluding hydrogens is 242 g/mol. The molecule has 0 bridgehead atoms. The maximum Gasteiger partial charge on any atom is 0.226 e. The van der Waals surface area contributed by atoms with Gasteiger partial charge in [-0.1, -0.05) is 12.1 Å². The second-order valence-electron chi connectivity index (χ2n) is 5.68. The average Bonchev–Trinajstić information content (AvgIpc) is 2.87. The van der Waals surface area contributed by atoms with Crippen molar-refractivity contribution in [3.8, 4) is 0 Å². The monoisotopic (exact) mass is 267 g/mol. The van der Waals surface area contributed by atoms with Gasteiger partial charge in [0.2, 0.25) is 5.89 Å². The average molecular weight is 267 g/mol. The van der Waals surface area contributed by atoms with Crippen LogP contribution >= 0.6 is 0 Å². The van der Waals surface area contributed by atoms with Crippen molar-refractivity contribution in [3.63, 3.8) is 0 Å². The molecule has 1 aromatic heterocycles. The van der Waals surface area contributed by atoms with E-state index in [1.54, 1.807) is 0 Å². The second-order valence-corrected chi connectivity index (χ2v) is 5.68. The molecular formula is C13H25N5O. The fourth-order valence-electron chi connectivity index (χ4n) is 2.28. The number of nitrogens with two attached hydrogens (primary N) is 1. The molecule has 1 fully saturated rings. The van der Waals surface area contributed by atoms with Crippen molar-refractivity contribution in [3.05, 3.63) is 11.7 Å². The van der Waals surface area contributed by atoms with Crippen LogP contribution in [0.5, 0.6) is 0 Å². The van der Waals surface area contributed by atoms with Gasteiger partial charge in [0.1, 0.15) is 0 Å². The normalized spacial score (nSPS) is 23.7. The van der Waals surface area contributed by atoms with Crippen LogP contribution in [0.4, 0.5) is 0 Å². The van der Waals surface area contributed by atoms with E-state index in [4.69, 9.17) is 10.3 Å². The lowest BCUT2D eigenvalue weighted by Gasteiger charge is -2.35. The first-order valence-electron chi connectivity index (χ1n) is 7.01. The third-order valence-corrected chi connectivity index (χ3v) is 3.89. The third kappa shape index (κ3) is 3.75. The summed E-state index contributed by atoms with van der Waals surface area (Å²) in [5.41, 5.74) is 5.61. The molecule has 1 aromatic rings. The van der Waals surface area contributed by atoms with Gasteiger partial charge in [-0.3, -0.25) is 4.90 Å². The van der Waals surface area contributed by atoms with Crippen molar-refractivity contribution in [1.29, 1.82) is 0 Å². The Balaban J connectivity index is 1.95. The van der Waals surface area contributed by atoms with Crippen molar-refractivity contribution in [2.75, 3.05) is 40.3 Å². The van der Waals surface area contributed by atoms with E-state index < -0.39 is 0 Å². The van der Waals surface area contributed by atoms with Crippen LogP contribution in [0.25, 0.3) is 0 Å². The van der Waals surface area contributed by atoms with Gasteiger partial charge >= 0.3 is 0 Å². The second kappa shape index (κ2) is 6.45. The molecule has 6 nitrogen and oxygen atoms in total. The molecule has 1 aliphatic heterocycles. The summed E-state index contributed by atoms with van der Waals surface area (Å²) in [6, 6.07) is 0.239. The van der Waals surface area contributed by atoms with Crippen LogP contribution in [-0.4, -0.2) is 60.2 Å². The lowest BCUT2D eigenvalue weighted by molar-refractivity contribution is 0.108. The summed E-state index contributed by atoms with van der Waals surface area (Å²) in [7, 11) is 4.24. The van der Waals surface area contributed by atoms with Crippen molar-refractivity contribution < 1.29 is 4.52 Å². The van der Waals surface area contributed by atoms with Gasteiger partial charge in [-0.25, -0.2) is 0 Å². The summed E-state index contributed by atoms with van der Waals surface area (Å²) in [5.74, 6) is 2.04. The summed E-state index contributed by atoms with van der Waals surface area (Å²) in [6.07, 6.45) is 1.82. The van der Waals surface area contributed by atoms with E-state index in [1.807, 2.05) is 0 Å². The van der Waals surface area contributed by atoms with Gasteiger partial charge in [-0.05, 0) is 33.0 Å². The predicted octanol–water partition coefficient (Wildman–Crippen LogP) is 0.515. The van der Waals surface area contributed by atoms with Gasteiger partial charge in [-0.2, -0.15) is 4.98 Å². The maximum atomic E-state index is 5.61.